The van der Waals surface area contributed by atoms with Crippen LogP contribution in [0.3, 0.4) is 0 Å². The Hall–Kier alpha value is -1.58. The monoisotopic (exact) mass is 484 g/mol. The second-order valence-corrected chi connectivity index (χ2v) is 6.34. The van der Waals surface area contributed by atoms with Crippen LogP contribution in [0.4, 0.5) is 0 Å². The van der Waals surface area contributed by atoms with Crippen LogP contribution in [0.5, 0.6) is 0 Å². The van der Waals surface area contributed by atoms with Gasteiger partial charge in [-0.15, -0.1) is 24.0 Å². The first kappa shape index (κ1) is 21.7. The Morgan fingerprint density at radius 3 is 2.56 bits per heavy atom. The maximum absolute atomic E-state index is 5.44. The van der Waals surface area contributed by atoms with E-state index in [1.165, 1.54) is 11.1 Å². The van der Waals surface area contributed by atoms with Gasteiger partial charge in [0.05, 0.1) is 19.5 Å². The molecule has 7 heteroatoms. The molecule has 2 heterocycles. The van der Waals surface area contributed by atoms with Crippen molar-refractivity contribution in [3.63, 3.8) is 0 Å². The maximum Gasteiger partial charge on any atom is 0.191 e. The highest BCUT2D eigenvalue weighted by atomic mass is 127. The van der Waals surface area contributed by atoms with Crippen molar-refractivity contribution < 1.29 is 9.15 Å². The average molecular weight is 484 g/mol. The highest BCUT2D eigenvalue weighted by Crippen LogP contribution is 2.13. The molecule has 1 fully saturated rings. The van der Waals surface area contributed by atoms with E-state index in [2.05, 4.69) is 44.8 Å². The topological polar surface area (TPSA) is 62.0 Å². The first-order valence-corrected chi connectivity index (χ1v) is 9.19. The number of ether oxygens (including phenoxy) is 1. The summed E-state index contributed by atoms with van der Waals surface area (Å²) in [4.78, 5) is 6.75. The van der Waals surface area contributed by atoms with Crippen molar-refractivity contribution in [3.05, 3.63) is 59.5 Å². The molecule has 1 aliphatic rings. The summed E-state index contributed by atoms with van der Waals surface area (Å²) in [6, 6.07) is 12.5. The van der Waals surface area contributed by atoms with Crippen molar-refractivity contribution in [1.82, 2.24) is 15.5 Å². The van der Waals surface area contributed by atoms with Crippen LogP contribution in [0.25, 0.3) is 0 Å². The first-order chi connectivity index (χ1) is 12.8. The molecule has 148 valence electrons. The summed E-state index contributed by atoms with van der Waals surface area (Å²) in [5, 5.41) is 6.74. The van der Waals surface area contributed by atoms with E-state index in [1.54, 1.807) is 13.3 Å². The van der Waals surface area contributed by atoms with E-state index < -0.39 is 0 Å². The molecule has 0 aliphatic carbocycles. The molecular weight excluding hydrogens is 455 g/mol. The van der Waals surface area contributed by atoms with Gasteiger partial charge in [-0.3, -0.25) is 9.89 Å². The lowest BCUT2D eigenvalue weighted by Crippen LogP contribution is -2.38. The number of aliphatic imine (C=N–C) groups is 1. The van der Waals surface area contributed by atoms with E-state index in [4.69, 9.17) is 9.15 Å². The third-order valence-corrected chi connectivity index (χ3v) is 4.53. The van der Waals surface area contributed by atoms with Crippen molar-refractivity contribution in [2.75, 3.05) is 39.9 Å². The fourth-order valence-corrected chi connectivity index (χ4v) is 3.04. The van der Waals surface area contributed by atoms with Gasteiger partial charge in [0.2, 0.25) is 0 Å². The molecule has 0 amide bonds. The minimum Gasteiger partial charge on any atom is -0.469 e. The van der Waals surface area contributed by atoms with E-state index >= 15 is 0 Å². The van der Waals surface area contributed by atoms with Crippen LogP contribution in [0.1, 0.15) is 16.9 Å². The second-order valence-electron chi connectivity index (χ2n) is 6.34. The predicted molar refractivity (Wildman–Crippen MR) is 119 cm³/mol. The van der Waals surface area contributed by atoms with Crippen LogP contribution in [0, 0.1) is 0 Å². The summed E-state index contributed by atoms with van der Waals surface area (Å²) in [7, 11) is 1.79. The van der Waals surface area contributed by atoms with Crippen LogP contribution in [0.15, 0.2) is 52.1 Å². The third kappa shape index (κ3) is 7.15. The molecule has 27 heavy (non-hydrogen) atoms. The summed E-state index contributed by atoms with van der Waals surface area (Å²) in [5.74, 6) is 1.78. The number of halogens is 1. The van der Waals surface area contributed by atoms with E-state index in [-0.39, 0.29) is 24.0 Å². The smallest absolute Gasteiger partial charge is 0.191 e. The third-order valence-electron chi connectivity index (χ3n) is 4.53. The zero-order chi connectivity index (χ0) is 18.0. The van der Waals surface area contributed by atoms with E-state index in [1.807, 2.05) is 12.1 Å². The Kier molecular flexibility index (Phi) is 9.65. The van der Waals surface area contributed by atoms with Crippen molar-refractivity contribution >= 4 is 29.9 Å². The maximum atomic E-state index is 5.44. The lowest BCUT2D eigenvalue weighted by molar-refractivity contribution is 0.0341. The number of morpholine rings is 1. The molecule has 2 N–H and O–H groups in total. The van der Waals surface area contributed by atoms with E-state index in [0.717, 1.165) is 64.1 Å². The predicted octanol–water partition coefficient (Wildman–Crippen LogP) is 2.64. The van der Waals surface area contributed by atoms with Crippen LogP contribution >= 0.6 is 24.0 Å². The molecule has 1 saturated heterocycles. The van der Waals surface area contributed by atoms with Gasteiger partial charge < -0.3 is 19.8 Å². The van der Waals surface area contributed by atoms with Gasteiger partial charge in [-0.25, -0.2) is 0 Å². The van der Waals surface area contributed by atoms with Gasteiger partial charge in [0.15, 0.2) is 5.96 Å². The highest BCUT2D eigenvalue weighted by Gasteiger charge is 2.12. The van der Waals surface area contributed by atoms with E-state index in [0.29, 0.717) is 0 Å². The number of nitrogens with zero attached hydrogens (tertiary/aromatic N) is 2. The number of nitrogens with one attached hydrogen (secondary N) is 2. The highest BCUT2D eigenvalue weighted by molar-refractivity contribution is 14.0. The van der Waals surface area contributed by atoms with Gasteiger partial charge >= 0.3 is 0 Å². The zero-order valence-electron chi connectivity index (χ0n) is 15.8. The molecule has 1 aliphatic heterocycles. The zero-order valence-corrected chi connectivity index (χ0v) is 18.1. The first-order valence-electron chi connectivity index (χ1n) is 9.19. The Balaban J connectivity index is 0.00000261. The number of hydrogen-bond acceptors (Lipinski definition) is 4. The SMILES string of the molecule is CN=C(NCCc1ccco1)NCc1ccccc1CN1CCOCC1.I. The average Bonchev–Trinajstić information content (AvgIpc) is 3.20. The van der Waals surface area contributed by atoms with E-state index in [9.17, 15) is 0 Å². The summed E-state index contributed by atoms with van der Waals surface area (Å²) >= 11 is 0. The number of benzene rings is 1. The fraction of sp³-hybridized carbons (Fsp3) is 0.450. The molecule has 1 aromatic heterocycles. The largest absolute Gasteiger partial charge is 0.469 e. The number of furan rings is 1. The molecule has 0 atom stereocenters. The van der Waals surface area contributed by atoms with Crippen LogP contribution in [-0.4, -0.2) is 50.8 Å². The van der Waals surface area contributed by atoms with Crippen molar-refractivity contribution in [3.8, 4) is 0 Å². The normalized spacial score (nSPS) is 15.2. The molecule has 0 unspecified atom stereocenters. The quantitative estimate of drug-likeness (QED) is 0.360. The summed E-state index contributed by atoms with van der Waals surface area (Å²) in [6.45, 7) is 6.14. The molecular formula is C20H29IN4O2. The van der Waals surface area contributed by atoms with Gasteiger partial charge in [-0.2, -0.15) is 0 Å². The number of hydrogen-bond donors (Lipinski definition) is 2. The van der Waals surface area contributed by atoms with Gasteiger partial charge in [-0.1, -0.05) is 24.3 Å². The summed E-state index contributed by atoms with van der Waals surface area (Å²) < 4.78 is 10.8. The molecule has 0 spiro atoms. The second kappa shape index (κ2) is 12.0. The molecule has 0 saturated carbocycles. The molecule has 3 rings (SSSR count). The Labute approximate surface area is 178 Å². The van der Waals surface area contributed by atoms with Crippen molar-refractivity contribution in [2.45, 2.75) is 19.5 Å². The molecule has 2 aromatic rings. The van der Waals surface area contributed by atoms with Crippen LogP contribution < -0.4 is 10.6 Å². The number of rotatable bonds is 7. The minimum atomic E-state index is 0. The fourth-order valence-electron chi connectivity index (χ4n) is 3.04. The lowest BCUT2D eigenvalue weighted by atomic mass is 10.1. The summed E-state index contributed by atoms with van der Waals surface area (Å²) in [5.41, 5.74) is 2.65. The Morgan fingerprint density at radius 1 is 1.07 bits per heavy atom. The van der Waals surface area contributed by atoms with Gasteiger partial charge in [0.25, 0.3) is 0 Å². The van der Waals surface area contributed by atoms with Crippen molar-refractivity contribution in [1.29, 1.82) is 0 Å². The van der Waals surface area contributed by atoms with Gasteiger partial charge in [-0.05, 0) is 23.3 Å². The van der Waals surface area contributed by atoms with Gasteiger partial charge in [0, 0.05) is 46.2 Å². The van der Waals surface area contributed by atoms with Crippen LogP contribution in [-0.2, 0) is 24.2 Å². The van der Waals surface area contributed by atoms with Crippen LogP contribution in [0.2, 0.25) is 0 Å². The molecule has 6 nitrogen and oxygen atoms in total. The lowest BCUT2D eigenvalue weighted by Gasteiger charge is -2.27. The Morgan fingerprint density at radius 2 is 1.85 bits per heavy atom. The Bertz CT molecular complexity index is 685. The summed E-state index contributed by atoms with van der Waals surface area (Å²) in [6.07, 6.45) is 2.54. The standard InChI is InChI=1S/C20H28N4O2.HI/c1-21-20(22-9-8-19-7-4-12-26-19)23-15-17-5-2-3-6-18(17)16-24-10-13-25-14-11-24;/h2-7,12H,8-11,13-16H2,1H3,(H2,21,22,23);1H. The van der Waals surface area contributed by atoms with Gasteiger partial charge in [0.1, 0.15) is 5.76 Å². The molecule has 0 radical (unpaired) electrons. The number of guanidine groups is 1. The molecule has 0 bridgehead atoms. The van der Waals surface area contributed by atoms with Crippen molar-refractivity contribution in [2.24, 2.45) is 4.99 Å². The molecule has 1 aromatic carbocycles. The minimum absolute atomic E-state index is 0.